The topological polar surface area (TPSA) is 76.0 Å². The minimum absolute atomic E-state index is 0.00813. The average Bonchev–Trinajstić information content (AvgIpc) is 3.12. The number of nitrogens with zero attached hydrogens (tertiary/aromatic N) is 4. The first-order valence-electron chi connectivity index (χ1n) is 7.55. The summed E-state index contributed by atoms with van der Waals surface area (Å²) in [5, 5.41) is 4.34. The molecule has 2 aromatic rings. The van der Waals surface area contributed by atoms with E-state index >= 15 is 0 Å². The fourth-order valence-corrected chi connectivity index (χ4v) is 2.66. The van der Waals surface area contributed by atoms with Crippen LogP contribution in [0, 0.1) is 13.8 Å². The molecule has 2 aromatic heterocycles. The highest BCUT2D eigenvalue weighted by Gasteiger charge is 2.29. The van der Waals surface area contributed by atoms with Gasteiger partial charge >= 0.3 is 0 Å². The molecular formula is C15H21N5O2. The highest BCUT2D eigenvalue weighted by atomic mass is 16.5. The van der Waals surface area contributed by atoms with Gasteiger partial charge in [-0.15, -0.1) is 0 Å². The van der Waals surface area contributed by atoms with E-state index in [4.69, 9.17) is 4.74 Å². The molecule has 1 aliphatic rings. The number of ether oxygens (including phenoxy) is 1. The van der Waals surface area contributed by atoms with E-state index in [2.05, 4.69) is 15.1 Å². The highest BCUT2D eigenvalue weighted by molar-refractivity contribution is 5.95. The van der Waals surface area contributed by atoms with Gasteiger partial charge in [-0.3, -0.25) is 9.48 Å². The molecule has 118 valence electrons. The van der Waals surface area contributed by atoms with Crippen molar-refractivity contribution in [3.63, 3.8) is 0 Å². The number of hydrogen-bond donors (Lipinski definition) is 1. The number of aromatic nitrogens is 4. The van der Waals surface area contributed by atoms with Crippen molar-refractivity contribution in [2.75, 3.05) is 19.7 Å². The molecule has 22 heavy (non-hydrogen) atoms. The molecule has 1 amide bonds. The molecule has 0 spiro atoms. The number of rotatable bonds is 3. The fraction of sp³-hybridized carbons (Fsp3) is 0.533. The molecule has 1 N–H and O–H groups in total. The Balaban J connectivity index is 1.76. The number of amides is 1. The second kappa shape index (κ2) is 5.92. The smallest absolute Gasteiger partial charge is 0.257 e. The lowest BCUT2D eigenvalue weighted by molar-refractivity contribution is -0.0265. The maximum absolute atomic E-state index is 12.7. The van der Waals surface area contributed by atoms with Crippen molar-refractivity contribution in [1.82, 2.24) is 24.6 Å². The van der Waals surface area contributed by atoms with E-state index in [1.807, 2.05) is 31.9 Å². The second-order valence-electron chi connectivity index (χ2n) is 5.55. The quantitative estimate of drug-likeness (QED) is 0.931. The second-order valence-corrected chi connectivity index (χ2v) is 5.55. The highest BCUT2D eigenvalue weighted by Crippen LogP contribution is 2.21. The number of hydrogen-bond acceptors (Lipinski definition) is 4. The molecule has 0 aromatic carbocycles. The zero-order valence-corrected chi connectivity index (χ0v) is 13.2. The third-order valence-electron chi connectivity index (χ3n) is 3.88. The Morgan fingerprint density at radius 3 is 2.95 bits per heavy atom. The number of carbonyl (C=O) groups excluding carboxylic acids is 1. The summed E-state index contributed by atoms with van der Waals surface area (Å²) in [6.07, 6.45) is 3.39. The maximum atomic E-state index is 12.7. The molecule has 1 atom stereocenters. The number of aryl methyl sites for hydroxylation is 3. The Kier molecular flexibility index (Phi) is 3.98. The first kappa shape index (κ1) is 14.8. The van der Waals surface area contributed by atoms with Crippen molar-refractivity contribution in [1.29, 1.82) is 0 Å². The van der Waals surface area contributed by atoms with Crippen LogP contribution in [-0.4, -0.2) is 50.3 Å². The summed E-state index contributed by atoms with van der Waals surface area (Å²) < 4.78 is 7.53. The predicted molar refractivity (Wildman–Crippen MR) is 80.6 cm³/mol. The number of H-pyrrole nitrogens is 1. The van der Waals surface area contributed by atoms with Crippen LogP contribution in [0.15, 0.2) is 12.4 Å². The lowest BCUT2D eigenvalue weighted by Gasteiger charge is -2.32. The molecular weight excluding hydrogens is 282 g/mol. The van der Waals surface area contributed by atoms with E-state index in [1.165, 1.54) is 0 Å². The van der Waals surface area contributed by atoms with Crippen LogP contribution in [0.1, 0.15) is 40.6 Å². The lowest BCUT2D eigenvalue weighted by atomic mass is 10.2. The SMILES string of the molecule is CCn1cc(C(=O)N2CCO[C@@H](c3ncc(C)[nH]3)C2)c(C)n1. The van der Waals surface area contributed by atoms with Gasteiger partial charge in [0.05, 0.1) is 24.4 Å². The Hall–Kier alpha value is -2.15. The van der Waals surface area contributed by atoms with Crippen molar-refractivity contribution < 1.29 is 9.53 Å². The van der Waals surface area contributed by atoms with Crippen molar-refractivity contribution in [3.05, 3.63) is 35.2 Å². The van der Waals surface area contributed by atoms with Gasteiger partial charge in [-0.25, -0.2) is 4.98 Å². The first-order chi connectivity index (χ1) is 10.6. The van der Waals surface area contributed by atoms with Gasteiger partial charge in [0, 0.05) is 31.2 Å². The van der Waals surface area contributed by atoms with Crippen LogP contribution < -0.4 is 0 Å². The molecule has 0 aliphatic carbocycles. The van der Waals surface area contributed by atoms with Crippen LogP contribution in [0.4, 0.5) is 0 Å². The molecule has 0 saturated carbocycles. The van der Waals surface area contributed by atoms with E-state index in [-0.39, 0.29) is 12.0 Å². The molecule has 1 saturated heterocycles. The van der Waals surface area contributed by atoms with Gasteiger partial charge in [-0.1, -0.05) is 0 Å². The Morgan fingerprint density at radius 2 is 2.32 bits per heavy atom. The molecule has 7 heteroatoms. The number of aromatic amines is 1. The van der Waals surface area contributed by atoms with Crippen molar-refractivity contribution in [2.45, 2.75) is 33.4 Å². The lowest BCUT2D eigenvalue weighted by Crippen LogP contribution is -2.42. The van der Waals surface area contributed by atoms with Gasteiger partial charge < -0.3 is 14.6 Å². The number of imidazole rings is 1. The molecule has 3 heterocycles. The van der Waals surface area contributed by atoms with E-state index in [0.717, 1.165) is 23.8 Å². The van der Waals surface area contributed by atoms with Crippen LogP contribution in [-0.2, 0) is 11.3 Å². The van der Waals surface area contributed by atoms with Crippen molar-refractivity contribution in [2.24, 2.45) is 0 Å². The summed E-state index contributed by atoms with van der Waals surface area (Å²) in [6.45, 7) is 8.18. The Morgan fingerprint density at radius 1 is 1.50 bits per heavy atom. The van der Waals surface area contributed by atoms with Crippen LogP contribution in [0.25, 0.3) is 0 Å². The van der Waals surface area contributed by atoms with Gasteiger partial charge in [-0.2, -0.15) is 5.10 Å². The minimum Gasteiger partial charge on any atom is -0.367 e. The fourth-order valence-electron chi connectivity index (χ4n) is 2.66. The summed E-state index contributed by atoms with van der Waals surface area (Å²) in [4.78, 5) is 22.0. The van der Waals surface area contributed by atoms with Crippen LogP contribution in [0.3, 0.4) is 0 Å². The molecule has 1 fully saturated rings. The molecule has 0 bridgehead atoms. The average molecular weight is 303 g/mol. The van der Waals surface area contributed by atoms with Gasteiger partial charge in [0.25, 0.3) is 5.91 Å². The third kappa shape index (κ3) is 2.76. The minimum atomic E-state index is -0.201. The maximum Gasteiger partial charge on any atom is 0.257 e. The van der Waals surface area contributed by atoms with Gasteiger partial charge in [0.15, 0.2) is 0 Å². The Bertz CT molecular complexity index is 675. The number of carbonyl (C=O) groups is 1. The van der Waals surface area contributed by atoms with E-state index in [9.17, 15) is 4.79 Å². The van der Waals surface area contributed by atoms with E-state index in [0.29, 0.717) is 25.3 Å². The zero-order valence-electron chi connectivity index (χ0n) is 13.2. The number of nitrogens with one attached hydrogen (secondary N) is 1. The Labute approximate surface area is 129 Å². The van der Waals surface area contributed by atoms with Crippen molar-refractivity contribution in [3.8, 4) is 0 Å². The summed E-state index contributed by atoms with van der Waals surface area (Å²) >= 11 is 0. The molecule has 7 nitrogen and oxygen atoms in total. The monoisotopic (exact) mass is 303 g/mol. The normalized spacial score (nSPS) is 18.7. The largest absolute Gasteiger partial charge is 0.367 e. The molecule has 0 radical (unpaired) electrons. The van der Waals surface area contributed by atoms with Gasteiger partial charge in [-0.05, 0) is 20.8 Å². The standard InChI is InChI=1S/C15H21N5O2/c1-4-20-8-12(11(3)18-20)15(21)19-5-6-22-13(9-19)14-16-7-10(2)17-14/h7-8,13H,4-6,9H2,1-3H3,(H,16,17)/t13-/m1/s1. The molecule has 1 aliphatic heterocycles. The van der Waals surface area contributed by atoms with E-state index in [1.54, 1.807) is 10.9 Å². The van der Waals surface area contributed by atoms with Gasteiger partial charge in [0.2, 0.25) is 0 Å². The van der Waals surface area contributed by atoms with Crippen molar-refractivity contribution >= 4 is 5.91 Å². The van der Waals surface area contributed by atoms with Crippen LogP contribution in [0.2, 0.25) is 0 Å². The van der Waals surface area contributed by atoms with Crippen LogP contribution in [0.5, 0.6) is 0 Å². The number of morpholine rings is 1. The summed E-state index contributed by atoms with van der Waals surface area (Å²) in [5.41, 5.74) is 2.42. The third-order valence-corrected chi connectivity index (χ3v) is 3.88. The zero-order chi connectivity index (χ0) is 15.7. The van der Waals surface area contributed by atoms with Crippen LogP contribution >= 0.6 is 0 Å². The molecule has 3 rings (SSSR count). The van der Waals surface area contributed by atoms with Gasteiger partial charge in [0.1, 0.15) is 11.9 Å². The summed E-state index contributed by atoms with van der Waals surface area (Å²) in [7, 11) is 0. The molecule has 0 unspecified atom stereocenters. The summed E-state index contributed by atoms with van der Waals surface area (Å²) in [6, 6.07) is 0. The van der Waals surface area contributed by atoms with E-state index < -0.39 is 0 Å². The summed E-state index contributed by atoms with van der Waals surface area (Å²) in [5.74, 6) is 0.782. The predicted octanol–water partition coefficient (Wildman–Crippen LogP) is 1.46. The first-order valence-corrected chi connectivity index (χ1v) is 7.55.